The molecule has 1 aromatic rings. The second-order valence-corrected chi connectivity index (χ2v) is 8.19. The average molecular weight is 444 g/mol. The summed E-state index contributed by atoms with van der Waals surface area (Å²) in [6, 6.07) is 3.65. The lowest BCUT2D eigenvalue weighted by atomic mass is 10.1. The maximum absolute atomic E-state index is 12.7. The van der Waals surface area contributed by atoms with E-state index in [1.165, 1.54) is 11.8 Å². The summed E-state index contributed by atoms with van der Waals surface area (Å²) in [6.45, 7) is 1.28. The van der Waals surface area contributed by atoms with Crippen LogP contribution in [-0.4, -0.2) is 48.6 Å². The summed E-state index contributed by atoms with van der Waals surface area (Å²) >= 11 is 10.2. The Morgan fingerprint density at radius 3 is 2.76 bits per heavy atom. The molecule has 134 valence electrons. The van der Waals surface area contributed by atoms with E-state index in [-0.39, 0.29) is 12.0 Å². The molecule has 0 unspecified atom stereocenters. The van der Waals surface area contributed by atoms with Crippen molar-refractivity contribution in [2.45, 2.75) is 18.9 Å². The van der Waals surface area contributed by atoms with Crippen molar-refractivity contribution in [3.8, 4) is 11.5 Å². The third-order valence-corrected chi connectivity index (χ3v) is 6.14. The largest absolute Gasteiger partial charge is 0.493 e. The van der Waals surface area contributed by atoms with Gasteiger partial charge >= 0.3 is 0 Å². The fourth-order valence-electron chi connectivity index (χ4n) is 2.77. The molecule has 0 aliphatic carbocycles. The van der Waals surface area contributed by atoms with Crippen molar-refractivity contribution in [3.05, 3.63) is 27.1 Å². The van der Waals surface area contributed by atoms with Gasteiger partial charge in [-0.25, -0.2) is 0 Å². The molecule has 0 aromatic heterocycles. The zero-order chi connectivity index (χ0) is 18.0. The first-order chi connectivity index (χ1) is 12.0. The Kier molecular flexibility index (Phi) is 6.04. The van der Waals surface area contributed by atoms with E-state index in [0.717, 1.165) is 29.5 Å². The first-order valence-electron chi connectivity index (χ1n) is 7.82. The Labute approximate surface area is 164 Å². The number of carbonyl (C=O) groups excluding carboxylic acids is 1. The lowest BCUT2D eigenvalue weighted by molar-refractivity contribution is -0.123. The monoisotopic (exact) mass is 443 g/mol. The van der Waals surface area contributed by atoms with Crippen molar-refractivity contribution in [1.82, 2.24) is 4.90 Å². The Hall–Kier alpha value is -1.09. The number of thiocarbonyl (C=S) groups is 1. The molecule has 2 fully saturated rings. The SMILES string of the molecule is COc1cc(Br)c(/C=C2\SC(=S)N(C[C@@H]3CCCO3)C2=O)cc1OC. The number of thioether (sulfide) groups is 1. The standard InChI is InChI=1S/C17H18BrNO4S2/c1-21-13-6-10(12(18)8-14(13)22-2)7-15-16(20)19(17(24)25-15)9-11-4-3-5-23-11/h6-8,11H,3-5,9H2,1-2H3/b15-7-/t11-/m0/s1. The van der Waals surface area contributed by atoms with E-state index in [1.54, 1.807) is 19.1 Å². The van der Waals surface area contributed by atoms with Crippen molar-refractivity contribution >= 4 is 56.2 Å². The fourth-order valence-corrected chi connectivity index (χ4v) is 4.47. The van der Waals surface area contributed by atoms with Crippen LogP contribution in [0, 0.1) is 0 Å². The highest BCUT2D eigenvalue weighted by molar-refractivity contribution is 9.10. The number of halogens is 1. The number of benzene rings is 1. The fraction of sp³-hybridized carbons (Fsp3) is 0.412. The number of methoxy groups -OCH3 is 2. The topological polar surface area (TPSA) is 48.0 Å². The Morgan fingerprint density at radius 2 is 2.12 bits per heavy atom. The van der Waals surface area contributed by atoms with Crippen LogP contribution in [0.4, 0.5) is 0 Å². The van der Waals surface area contributed by atoms with Crippen LogP contribution in [0.1, 0.15) is 18.4 Å². The van der Waals surface area contributed by atoms with Gasteiger partial charge in [0, 0.05) is 11.1 Å². The van der Waals surface area contributed by atoms with Crippen molar-refractivity contribution in [2.24, 2.45) is 0 Å². The minimum atomic E-state index is -0.0767. The molecule has 0 bridgehead atoms. The molecule has 0 N–H and O–H groups in total. The normalized spacial score (nSPS) is 22.1. The van der Waals surface area contributed by atoms with E-state index in [0.29, 0.717) is 27.3 Å². The number of ether oxygens (including phenoxy) is 3. The van der Waals surface area contributed by atoms with E-state index in [1.807, 2.05) is 18.2 Å². The summed E-state index contributed by atoms with van der Waals surface area (Å²) in [7, 11) is 3.16. The van der Waals surface area contributed by atoms with Gasteiger partial charge in [0.15, 0.2) is 11.5 Å². The molecule has 2 aliphatic heterocycles. The molecule has 8 heteroatoms. The van der Waals surface area contributed by atoms with Crippen LogP contribution in [0.5, 0.6) is 11.5 Å². The van der Waals surface area contributed by atoms with Crippen molar-refractivity contribution < 1.29 is 19.0 Å². The average Bonchev–Trinajstić information content (AvgIpc) is 3.20. The van der Waals surface area contributed by atoms with Crippen molar-refractivity contribution in [3.63, 3.8) is 0 Å². The zero-order valence-electron chi connectivity index (χ0n) is 13.9. The lowest BCUT2D eigenvalue weighted by Crippen LogP contribution is -2.35. The van der Waals surface area contributed by atoms with Gasteiger partial charge in [-0.05, 0) is 36.6 Å². The van der Waals surface area contributed by atoms with Crippen LogP contribution in [0.3, 0.4) is 0 Å². The number of nitrogens with zero attached hydrogens (tertiary/aromatic N) is 1. The van der Waals surface area contributed by atoms with E-state index >= 15 is 0 Å². The first kappa shape index (κ1) is 18.7. The number of hydrogen-bond donors (Lipinski definition) is 0. The maximum Gasteiger partial charge on any atom is 0.266 e. The van der Waals surface area contributed by atoms with Crippen LogP contribution < -0.4 is 9.47 Å². The van der Waals surface area contributed by atoms with Crippen LogP contribution in [0.25, 0.3) is 6.08 Å². The number of hydrogen-bond acceptors (Lipinski definition) is 6. The summed E-state index contributed by atoms with van der Waals surface area (Å²) in [4.78, 5) is 14.9. The summed E-state index contributed by atoms with van der Waals surface area (Å²) in [6.07, 6.45) is 3.90. The van der Waals surface area contributed by atoms with Crippen LogP contribution in [-0.2, 0) is 9.53 Å². The molecule has 0 radical (unpaired) electrons. The Balaban J connectivity index is 1.84. The van der Waals surface area contributed by atoms with Gasteiger partial charge in [-0.15, -0.1) is 0 Å². The second kappa shape index (κ2) is 8.07. The molecular weight excluding hydrogens is 426 g/mol. The predicted molar refractivity (Wildman–Crippen MR) is 106 cm³/mol. The third kappa shape index (κ3) is 4.02. The lowest BCUT2D eigenvalue weighted by Gasteiger charge is -2.18. The minimum Gasteiger partial charge on any atom is -0.493 e. The Morgan fingerprint density at radius 1 is 1.40 bits per heavy atom. The molecule has 1 amide bonds. The molecule has 5 nitrogen and oxygen atoms in total. The predicted octanol–water partition coefficient (Wildman–Crippen LogP) is 3.85. The van der Waals surface area contributed by atoms with E-state index in [9.17, 15) is 4.79 Å². The second-order valence-electron chi connectivity index (χ2n) is 5.66. The molecule has 1 aromatic carbocycles. The molecule has 0 saturated carbocycles. The molecule has 0 spiro atoms. The van der Waals surface area contributed by atoms with Crippen molar-refractivity contribution in [1.29, 1.82) is 0 Å². The quantitative estimate of drug-likeness (QED) is 0.508. The zero-order valence-corrected chi connectivity index (χ0v) is 17.1. The van der Waals surface area contributed by atoms with E-state index < -0.39 is 0 Å². The van der Waals surface area contributed by atoms with E-state index in [4.69, 9.17) is 26.4 Å². The highest BCUT2D eigenvalue weighted by atomic mass is 79.9. The van der Waals surface area contributed by atoms with Gasteiger partial charge in [-0.1, -0.05) is 39.9 Å². The molecule has 2 aliphatic rings. The summed E-state index contributed by atoms with van der Waals surface area (Å²) < 4.78 is 17.6. The summed E-state index contributed by atoms with van der Waals surface area (Å²) in [5, 5.41) is 0. The molecule has 2 saturated heterocycles. The number of amides is 1. The van der Waals surface area contributed by atoms with Crippen LogP contribution in [0.15, 0.2) is 21.5 Å². The molecular formula is C17H18BrNO4S2. The molecule has 2 heterocycles. The smallest absolute Gasteiger partial charge is 0.266 e. The van der Waals surface area contributed by atoms with Crippen molar-refractivity contribution in [2.75, 3.05) is 27.4 Å². The molecule has 25 heavy (non-hydrogen) atoms. The van der Waals surface area contributed by atoms with Gasteiger partial charge in [-0.2, -0.15) is 0 Å². The highest BCUT2D eigenvalue weighted by Gasteiger charge is 2.34. The van der Waals surface area contributed by atoms with Crippen LogP contribution in [0.2, 0.25) is 0 Å². The molecule has 3 rings (SSSR count). The Bertz CT molecular complexity index is 732. The van der Waals surface area contributed by atoms with Gasteiger partial charge in [0.1, 0.15) is 4.32 Å². The van der Waals surface area contributed by atoms with Crippen LogP contribution >= 0.6 is 39.9 Å². The number of carbonyl (C=O) groups is 1. The first-order valence-corrected chi connectivity index (χ1v) is 9.83. The van der Waals surface area contributed by atoms with E-state index in [2.05, 4.69) is 15.9 Å². The number of rotatable bonds is 5. The summed E-state index contributed by atoms with van der Waals surface area (Å²) in [5.41, 5.74) is 0.829. The van der Waals surface area contributed by atoms with Gasteiger partial charge in [0.25, 0.3) is 5.91 Å². The third-order valence-electron chi connectivity index (χ3n) is 4.07. The van der Waals surface area contributed by atoms with Gasteiger partial charge in [0.2, 0.25) is 0 Å². The highest BCUT2D eigenvalue weighted by Crippen LogP contribution is 2.38. The molecule has 1 atom stereocenters. The maximum atomic E-state index is 12.7. The summed E-state index contributed by atoms with van der Waals surface area (Å²) in [5.74, 6) is 1.15. The van der Waals surface area contributed by atoms with Gasteiger partial charge in [0.05, 0.1) is 31.8 Å². The minimum absolute atomic E-state index is 0.0767. The van der Waals surface area contributed by atoms with Gasteiger partial charge in [-0.3, -0.25) is 9.69 Å². The van der Waals surface area contributed by atoms with Gasteiger partial charge < -0.3 is 14.2 Å².